The third-order valence-corrected chi connectivity index (χ3v) is 4.52. The molecule has 0 radical (unpaired) electrons. The maximum atomic E-state index is 12.7. The van der Waals surface area contributed by atoms with Crippen LogP contribution < -0.4 is 5.32 Å². The van der Waals surface area contributed by atoms with Crippen molar-refractivity contribution in [3.8, 4) is 0 Å². The van der Waals surface area contributed by atoms with E-state index in [4.69, 9.17) is 0 Å². The molecular formula is C13H18F2N4O. The van der Waals surface area contributed by atoms with E-state index in [1.807, 2.05) is 0 Å². The van der Waals surface area contributed by atoms with Crippen molar-refractivity contribution in [3.05, 3.63) is 18.0 Å². The molecule has 0 saturated carbocycles. The molecule has 1 aromatic heterocycles. The average Bonchev–Trinajstić information content (AvgIpc) is 2.94. The van der Waals surface area contributed by atoms with Gasteiger partial charge in [0.05, 0.1) is 0 Å². The summed E-state index contributed by atoms with van der Waals surface area (Å²) in [4.78, 5) is 14.5. The smallest absolute Gasteiger partial charge is 0.333 e. The predicted octanol–water partition coefficient (Wildman–Crippen LogP) is 1.63. The first-order valence-electron chi connectivity index (χ1n) is 6.90. The Bertz CT molecular complexity index is 490. The summed E-state index contributed by atoms with van der Waals surface area (Å²) in [5.74, 6) is -0.461. The molecule has 7 heteroatoms. The Kier molecular flexibility index (Phi) is 3.45. The molecule has 1 amide bonds. The highest BCUT2D eigenvalue weighted by Gasteiger charge is 2.39. The van der Waals surface area contributed by atoms with Crippen LogP contribution in [0.4, 0.5) is 8.78 Å². The summed E-state index contributed by atoms with van der Waals surface area (Å²) in [6, 6.07) is 2.39. The van der Waals surface area contributed by atoms with E-state index in [9.17, 15) is 13.6 Å². The van der Waals surface area contributed by atoms with E-state index >= 15 is 0 Å². The molecule has 2 saturated heterocycles. The summed E-state index contributed by atoms with van der Waals surface area (Å²) in [7, 11) is 2.12. The van der Waals surface area contributed by atoms with Crippen molar-refractivity contribution in [2.24, 2.45) is 0 Å². The molecular weight excluding hydrogens is 266 g/mol. The Balaban J connectivity index is 1.66. The van der Waals surface area contributed by atoms with Crippen LogP contribution in [0.5, 0.6) is 0 Å². The molecule has 0 spiro atoms. The predicted molar refractivity (Wildman–Crippen MR) is 68.5 cm³/mol. The Morgan fingerprint density at radius 2 is 2.05 bits per heavy atom. The number of aromatic nitrogens is 2. The van der Waals surface area contributed by atoms with Gasteiger partial charge in [-0.25, -0.2) is 0 Å². The van der Waals surface area contributed by atoms with Gasteiger partial charge >= 0.3 is 6.55 Å². The average molecular weight is 284 g/mol. The number of alkyl halides is 2. The van der Waals surface area contributed by atoms with Gasteiger partial charge in [-0.15, -0.1) is 0 Å². The lowest BCUT2D eigenvalue weighted by Gasteiger charge is -2.36. The van der Waals surface area contributed by atoms with E-state index in [0.29, 0.717) is 16.8 Å². The van der Waals surface area contributed by atoms with Gasteiger partial charge < -0.3 is 10.2 Å². The zero-order valence-corrected chi connectivity index (χ0v) is 11.3. The number of halogens is 2. The third-order valence-electron chi connectivity index (χ3n) is 4.52. The molecule has 20 heavy (non-hydrogen) atoms. The Morgan fingerprint density at radius 3 is 2.65 bits per heavy atom. The van der Waals surface area contributed by atoms with E-state index in [-0.39, 0.29) is 11.7 Å². The molecule has 3 rings (SSSR count). The first-order chi connectivity index (χ1) is 9.56. The zero-order chi connectivity index (χ0) is 14.3. The van der Waals surface area contributed by atoms with Crippen molar-refractivity contribution in [2.75, 3.05) is 7.05 Å². The van der Waals surface area contributed by atoms with Crippen LogP contribution in [0.3, 0.4) is 0 Å². The van der Waals surface area contributed by atoms with Gasteiger partial charge in [0.15, 0.2) is 0 Å². The van der Waals surface area contributed by atoms with Crippen LogP contribution in [-0.2, 0) is 0 Å². The number of carbonyl (C=O) groups is 1. The second kappa shape index (κ2) is 5.12. The van der Waals surface area contributed by atoms with Crippen molar-refractivity contribution in [3.63, 3.8) is 0 Å². The SMILES string of the molecule is CN1C2CCC1CC(NC(=O)c1ccnn1C(F)F)C2. The Hall–Kier alpha value is -1.50. The minimum atomic E-state index is -2.79. The molecule has 2 atom stereocenters. The van der Waals surface area contributed by atoms with Crippen molar-refractivity contribution >= 4 is 5.91 Å². The topological polar surface area (TPSA) is 50.2 Å². The standard InChI is InChI=1S/C13H18F2N4O/c1-18-9-2-3-10(18)7-8(6-9)17-12(20)11-4-5-16-19(11)13(14)15/h4-5,8-10,13H,2-3,6-7H2,1H3,(H,17,20). The Labute approximate surface area is 115 Å². The highest BCUT2D eigenvalue weighted by Crippen LogP contribution is 2.34. The van der Waals surface area contributed by atoms with E-state index in [0.717, 1.165) is 25.7 Å². The van der Waals surface area contributed by atoms with Gasteiger partial charge in [-0.3, -0.25) is 4.79 Å². The monoisotopic (exact) mass is 284 g/mol. The molecule has 110 valence electrons. The highest BCUT2D eigenvalue weighted by molar-refractivity contribution is 5.92. The molecule has 3 heterocycles. The number of carbonyl (C=O) groups excluding carboxylic acids is 1. The van der Waals surface area contributed by atoms with Gasteiger partial charge in [-0.1, -0.05) is 0 Å². The van der Waals surface area contributed by atoms with Crippen molar-refractivity contribution in [1.29, 1.82) is 0 Å². The van der Waals surface area contributed by atoms with Crippen LogP contribution in [-0.4, -0.2) is 45.8 Å². The summed E-state index contributed by atoms with van der Waals surface area (Å²) in [6.45, 7) is -2.79. The maximum Gasteiger partial charge on any atom is 0.333 e. The van der Waals surface area contributed by atoms with Gasteiger partial charge in [0, 0.05) is 24.3 Å². The molecule has 0 aliphatic carbocycles. The molecule has 2 aliphatic rings. The van der Waals surface area contributed by atoms with Crippen LogP contribution in [0.25, 0.3) is 0 Å². The van der Waals surface area contributed by atoms with Crippen molar-refractivity contribution in [1.82, 2.24) is 20.0 Å². The lowest BCUT2D eigenvalue weighted by atomic mass is 9.98. The van der Waals surface area contributed by atoms with Crippen LogP contribution in [0.1, 0.15) is 42.7 Å². The summed E-state index contributed by atoms with van der Waals surface area (Å²) in [6.07, 6.45) is 5.31. The van der Waals surface area contributed by atoms with E-state index in [1.54, 1.807) is 0 Å². The van der Waals surface area contributed by atoms with Crippen molar-refractivity contribution < 1.29 is 13.6 Å². The lowest BCUT2D eigenvalue weighted by Crippen LogP contribution is -2.49. The fourth-order valence-corrected chi connectivity index (χ4v) is 3.44. The number of nitrogens with one attached hydrogen (secondary N) is 1. The number of piperidine rings is 1. The zero-order valence-electron chi connectivity index (χ0n) is 11.3. The van der Waals surface area contributed by atoms with Gasteiger partial charge in [-0.05, 0) is 38.8 Å². The normalized spacial score (nSPS) is 29.9. The summed E-state index contributed by atoms with van der Waals surface area (Å²) in [5, 5.41) is 6.36. The number of rotatable bonds is 3. The minimum absolute atomic E-state index is 0.0669. The highest BCUT2D eigenvalue weighted by atomic mass is 19.3. The minimum Gasteiger partial charge on any atom is -0.348 e. The second-order valence-corrected chi connectivity index (χ2v) is 5.63. The summed E-state index contributed by atoms with van der Waals surface area (Å²) < 4.78 is 25.9. The number of amides is 1. The molecule has 0 aromatic carbocycles. The van der Waals surface area contributed by atoms with E-state index in [1.165, 1.54) is 12.3 Å². The Morgan fingerprint density at radius 1 is 1.40 bits per heavy atom. The van der Waals surface area contributed by atoms with Crippen LogP contribution in [0, 0.1) is 0 Å². The second-order valence-electron chi connectivity index (χ2n) is 5.63. The quantitative estimate of drug-likeness (QED) is 0.918. The summed E-state index contributed by atoms with van der Waals surface area (Å²) in [5.41, 5.74) is -0.0775. The first kappa shape index (κ1) is 13.5. The van der Waals surface area contributed by atoms with Crippen LogP contribution >= 0.6 is 0 Å². The third kappa shape index (κ3) is 2.30. The molecule has 2 fully saturated rings. The number of nitrogens with zero attached hydrogens (tertiary/aromatic N) is 3. The van der Waals surface area contributed by atoms with Crippen LogP contribution in [0.15, 0.2) is 12.3 Å². The molecule has 2 bridgehead atoms. The molecule has 1 N–H and O–H groups in total. The number of hydrogen-bond donors (Lipinski definition) is 1. The molecule has 5 nitrogen and oxygen atoms in total. The van der Waals surface area contributed by atoms with Gasteiger partial charge in [0.2, 0.25) is 0 Å². The molecule has 2 aliphatic heterocycles. The molecule has 2 unspecified atom stereocenters. The van der Waals surface area contributed by atoms with E-state index in [2.05, 4.69) is 22.4 Å². The first-order valence-corrected chi connectivity index (χ1v) is 6.90. The molecule has 1 aromatic rings. The largest absolute Gasteiger partial charge is 0.348 e. The fraction of sp³-hybridized carbons (Fsp3) is 0.692. The number of fused-ring (bicyclic) bond motifs is 2. The van der Waals surface area contributed by atoms with Gasteiger partial charge in [0.1, 0.15) is 5.69 Å². The van der Waals surface area contributed by atoms with E-state index < -0.39 is 12.5 Å². The summed E-state index contributed by atoms with van der Waals surface area (Å²) >= 11 is 0. The lowest BCUT2D eigenvalue weighted by molar-refractivity contribution is 0.0501. The van der Waals surface area contributed by atoms with Crippen LogP contribution in [0.2, 0.25) is 0 Å². The van der Waals surface area contributed by atoms with Gasteiger partial charge in [0.25, 0.3) is 5.91 Å². The number of hydrogen-bond acceptors (Lipinski definition) is 3. The fourth-order valence-electron chi connectivity index (χ4n) is 3.44. The van der Waals surface area contributed by atoms with Crippen molar-refractivity contribution in [2.45, 2.75) is 50.4 Å². The maximum absolute atomic E-state index is 12.7. The van der Waals surface area contributed by atoms with Gasteiger partial charge in [-0.2, -0.15) is 18.6 Å².